The average molecular weight is 526 g/mol. The van der Waals surface area contributed by atoms with Crippen LogP contribution in [0.1, 0.15) is 41.1 Å². The average Bonchev–Trinajstić information content (AvgIpc) is 3.54. The molecule has 5 nitrogen and oxygen atoms in total. The quantitative estimate of drug-likeness (QED) is 0.218. The van der Waals surface area contributed by atoms with Gasteiger partial charge in [-0.2, -0.15) is 0 Å². The van der Waals surface area contributed by atoms with Gasteiger partial charge in [0, 0.05) is 36.6 Å². The van der Waals surface area contributed by atoms with E-state index in [2.05, 4.69) is 15.3 Å². The minimum absolute atomic E-state index is 0.0759. The predicted molar refractivity (Wildman–Crippen MR) is 140 cm³/mol. The molecule has 1 aliphatic rings. The van der Waals surface area contributed by atoms with Gasteiger partial charge in [0.15, 0.2) is 0 Å². The number of aromatic nitrogens is 3. The summed E-state index contributed by atoms with van der Waals surface area (Å²) < 4.78 is 46.9. The van der Waals surface area contributed by atoms with E-state index < -0.39 is 17.6 Å². The maximum atomic E-state index is 14.1. The third kappa shape index (κ3) is 5.23. The lowest BCUT2D eigenvalue weighted by molar-refractivity contribution is -0.118. The number of pyridine rings is 1. The molecule has 194 valence electrons. The van der Waals surface area contributed by atoms with Gasteiger partial charge in [0.1, 0.15) is 34.3 Å². The number of rotatable bonds is 8. The number of carbonyl (C=O) groups excluding carboxylic acids is 1. The molecular weight excluding hydrogens is 503 g/mol. The van der Waals surface area contributed by atoms with E-state index >= 15 is 0 Å². The van der Waals surface area contributed by atoms with Crippen LogP contribution in [0, 0.1) is 17.5 Å². The summed E-state index contributed by atoms with van der Waals surface area (Å²) in [7, 11) is 0. The zero-order valence-corrected chi connectivity index (χ0v) is 20.7. The van der Waals surface area contributed by atoms with E-state index in [4.69, 9.17) is 4.63 Å². The number of hydrogen-bond donors (Lipinski definition) is 0. The van der Waals surface area contributed by atoms with Crippen LogP contribution in [0.15, 0.2) is 83.6 Å². The van der Waals surface area contributed by atoms with E-state index in [0.29, 0.717) is 28.7 Å². The Labute approximate surface area is 222 Å². The Bertz CT molecular complexity index is 1720. The highest BCUT2D eigenvalue weighted by Gasteiger charge is 2.25. The van der Waals surface area contributed by atoms with Crippen molar-refractivity contribution in [2.75, 3.05) is 0 Å². The van der Waals surface area contributed by atoms with Crippen molar-refractivity contribution in [3.8, 4) is 11.1 Å². The zero-order valence-electron chi connectivity index (χ0n) is 20.7. The van der Waals surface area contributed by atoms with E-state index in [-0.39, 0.29) is 30.9 Å². The first kappa shape index (κ1) is 24.7. The van der Waals surface area contributed by atoms with Crippen molar-refractivity contribution in [1.82, 2.24) is 15.3 Å². The molecule has 0 bridgehead atoms. The maximum absolute atomic E-state index is 14.1. The fourth-order valence-electron chi connectivity index (χ4n) is 5.31. The number of hydrogen-bond acceptors (Lipinski definition) is 5. The van der Waals surface area contributed by atoms with Crippen molar-refractivity contribution in [1.29, 1.82) is 0 Å². The summed E-state index contributed by atoms with van der Waals surface area (Å²) in [6.45, 7) is 0. The second-order valence-corrected chi connectivity index (χ2v) is 9.74. The van der Waals surface area contributed by atoms with E-state index in [1.165, 1.54) is 24.3 Å². The SMILES string of the molecule is O=C(CC1=CCc2ccc(F)cc21)C[C@@H](Cc1cc(F)cc(F)c1)c1ncccc1-c1ccc2nonc2c1. The van der Waals surface area contributed by atoms with Crippen LogP contribution in [0.4, 0.5) is 13.2 Å². The third-order valence-electron chi connectivity index (χ3n) is 7.04. The topological polar surface area (TPSA) is 68.9 Å². The molecule has 2 heterocycles. The molecule has 5 aromatic rings. The fourth-order valence-corrected chi connectivity index (χ4v) is 5.31. The molecule has 0 amide bonds. The van der Waals surface area contributed by atoms with Crippen LogP contribution in [0.2, 0.25) is 0 Å². The van der Waals surface area contributed by atoms with Crippen molar-refractivity contribution < 1.29 is 22.6 Å². The highest BCUT2D eigenvalue weighted by atomic mass is 19.1. The Morgan fingerprint density at radius 1 is 0.872 bits per heavy atom. The molecule has 2 aromatic heterocycles. The molecule has 6 rings (SSSR count). The highest BCUT2D eigenvalue weighted by Crippen LogP contribution is 2.36. The lowest BCUT2D eigenvalue weighted by Gasteiger charge is -2.20. The van der Waals surface area contributed by atoms with Gasteiger partial charge in [-0.25, -0.2) is 17.8 Å². The van der Waals surface area contributed by atoms with Crippen molar-refractivity contribution in [2.45, 2.75) is 31.6 Å². The molecule has 0 unspecified atom stereocenters. The Morgan fingerprint density at radius 2 is 1.69 bits per heavy atom. The van der Waals surface area contributed by atoms with Crippen molar-refractivity contribution in [2.24, 2.45) is 0 Å². The van der Waals surface area contributed by atoms with E-state index in [1.54, 1.807) is 24.4 Å². The monoisotopic (exact) mass is 525 g/mol. The molecule has 39 heavy (non-hydrogen) atoms. The molecule has 0 saturated heterocycles. The number of carbonyl (C=O) groups is 1. The molecule has 0 saturated carbocycles. The lowest BCUT2D eigenvalue weighted by atomic mass is 9.85. The Balaban J connectivity index is 1.34. The highest BCUT2D eigenvalue weighted by molar-refractivity contribution is 5.92. The first-order chi connectivity index (χ1) is 18.9. The largest absolute Gasteiger partial charge is 0.299 e. The number of benzene rings is 3. The van der Waals surface area contributed by atoms with Crippen molar-refractivity contribution >= 4 is 22.4 Å². The number of ketones is 1. The normalized spacial score (nSPS) is 13.4. The minimum atomic E-state index is -0.685. The van der Waals surface area contributed by atoms with Gasteiger partial charge in [0.25, 0.3) is 0 Å². The number of fused-ring (bicyclic) bond motifs is 2. The van der Waals surface area contributed by atoms with Gasteiger partial charge < -0.3 is 0 Å². The molecule has 8 heteroatoms. The van der Waals surface area contributed by atoms with E-state index in [9.17, 15) is 18.0 Å². The van der Waals surface area contributed by atoms with Crippen molar-refractivity contribution in [3.63, 3.8) is 0 Å². The van der Waals surface area contributed by atoms with Crippen LogP contribution in [-0.2, 0) is 17.6 Å². The summed E-state index contributed by atoms with van der Waals surface area (Å²) in [5, 5.41) is 7.77. The molecule has 3 aromatic carbocycles. The van der Waals surface area contributed by atoms with Gasteiger partial charge >= 0.3 is 0 Å². The van der Waals surface area contributed by atoms with E-state index in [0.717, 1.165) is 33.9 Å². The number of Topliss-reactive ketones (excluding diaryl/α,β-unsaturated/α-hetero) is 1. The van der Waals surface area contributed by atoms with Gasteiger partial charge in [-0.15, -0.1) is 0 Å². The summed E-state index contributed by atoms with van der Waals surface area (Å²) in [5.41, 5.74) is 6.31. The van der Waals surface area contributed by atoms with Crippen LogP contribution < -0.4 is 0 Å². The second kappa shape index (κ2) is 10.3. The van der Waals surface area contributed by atoms with Gasteiger partial charge in [-0.3, -0.25) is 9.78 Å². The summed E-state index contributed by atoms with van der Waals surface area (Å²) in [4.78, 5) is 18.1. The van der Waals surface area contributed by atoms with Crippen LogP contribution in [0.3, 0.4) is 0 Å². The van der Waals surface area contributed by atoms with Gasteiger partial charge in [0.2, 0.25) is 0 Å². The molecular formula is C31H22F3N3O2. The summed E-state index contributed by atoms with van der Waals surface area (Å²) in [5.74, 6) is -2.27. The number of halogens is 3. The Morgan fingerprint density at radius 3 is 2.54 bits per heavy atom. The van der Waals surface area contributed by atoms with Crippen molar-refractivity contribution in [3.05, 3.63) is 119 Å². The molecule has 0 fully saturated rings. The van der Waals surface area contributed by atoms with Gasteiger partial charge in [0.05, 0.1) is 5.69 Å². The molecule has 0 aliphatic heterocycles. The first-order valence-corrected chi connectivity index (χ1v) is 12.5. The van der Waals surface area contributed by atoms with Crippen LogP contribution in [0.25, 0.3) is 27.7 Å². The molecule has 0 N–H and O–H groups in total. The zero-order chi connectivity index (χ0) is 26.9. The Kier molecular flexibility index (Phi) is 6.52. The standard InChI is InChI=1S/C31H22F3N3O2/c32-23-7-5-19-3-4-20(28(19)17-23)13-26(38)14-22(10-18-11-24(33)16-25(34)12-18)31-27(2-1-9-35-31)21-6-8-29-30(15-21)37-39-36-29/h1-2,4-9,11-12,15-17,22H,3,10,13-14H2/t22-/m1/s1. The Hall–Kier alpha value is -4.59. The predicted octanol–water partition coefficient (Wildman–Crippen LogP) is 7.02. The number of allylic oxidation sites excluding steroid dienone is 2. The first-order valence-electron chi connectivity index (χ1n) is 12.5. The lowest BCUT2D eigenvalue weighted by Crippen LogP contribution is -2.13. The smallest absolute Gasteiger partial charge is 0.137 e. The van der Waals surface area contributed by atoms with Gasteiger partial charge in [-0.05, 0) is 93.4 Å². The minimum Gasteiger partial charge on any atom is -0.299 e. The maximum Gasteiger partial charge on any atom is 0.137 e. The molecule has 1 aliphatic carbocycles. The molecule has 1 atom stereocenters. The third-order valence-corrected chi connectivity index (χ3v) is 7.04. The van der Waals surface area contributed by atoms with Gasteiger partial charge in [-0.1, -0.05) is 24.3 Å². The summed E-state index contributed by atoms with van der Waals surface area (Å²) in [6.07, 6.45) is 4.64. The number of nitrogens with zero attached hydrogens (tertiary/aromatic N) is 3. The van der Waals surface area contributed by atoms with E-state index in [1.807, 2.05) is 24.3 Å². The second-order valence-electron chi connectivity index (χ2n) is 9.74. The summed E-state index contributed by atoms with van der Waals surface area (Å²) in [6, 6.07) is 17.1. The van der Waals surface area contributed by atoms with Crippen LogP contribution in [0.5, 0.6) is 0 Å². The van der Waals surface area contributed by atoms with Crippen LogP contribution >= 0.6 is 0 Å². The van der Waals surface area contributed by atoms with Crippen LogP contribution in [-0.4, -0.2) is 21.1 Å². The molecule has 0 spiro atoms. The summed E-state index contributed by atoms with van der Waals surface area (Å²) >= 11 is 0. The fraction of sp³-hybridized carbons (Fsp3) is 0.161. The molecule has 0 radical (unpaired) electrons.